The van der Waals surface area contributed by atoms with Gasteiger partial charge in [-0.05, 0) is 158 Å². The number of rotatable bonds is 14. The van der Waals surface area contributed by atoms with Crippen molar-refractivity contribution < 1.29 is 47.4 Å². The number of amides is 2. The normalized spacial score (nSPS) is 15.1. The first kappa shape index (κ1) is 63.1. The number of ether oxygens (including phenoxy) is 2. The number of furan rings is 2. The predicted octanol–water partition coefficient (Wildman–Crippen LogP) is 10.3. The number of likely N-dealkylation sites (N-methyl/N-ethyl adjacent to an activating group) is 3. The summed E-state index contributed by atoms with van der Waals surface area (Å²) in [5.41, 5.74) is 6.01. The van der Waals surface area contributed by atoms with E-state index in [-0.39, 0.29) is 30.0 Å². The van der Waals surface area contributed by atoms with E-state index in [0.29, 0.717) is 33.6 Å². The molecule has 7 aromatic rings. The summed E-state index contributed by atoms with van der Waals surface area (Å²) in [4.78, 5) is 88.6. The molecule has 86 heavy (non-hydrogen) atoms. The number of Topliss-reactive ketones (excluding diaryl/α,β-unsaturated/α-hetero) is 2. The monoisotopic (exact) mass is 1170 g/mol. The van der Waals surface area contributed by atoms with Crippen LogP contribution in [-0.2, 0) is 22.3 Å². The minimum atomic E-state index is -0.933. The number of carbonyl (C=O) groups is 5. The number of hydrogen-bond donors (Lipinski definition) is 3. The van der Waals surface area contributed by atoms with Gasteiger partial charge in [0.15, 0.2) is 11.6 Å². The van der Waals surface area contributed by atoms with Crippen molar-refractivity contribution in [2.75, 3.05) is 125 Å². The van der Waals surface area contributed by atoms with Gasteiger partial charge in [0.2, 0.25) is 0 Å². The van der Waals surface area contributed by atoms with E-state index in [2.05, 4.69) is 76.1 Å². The number of carbonyl (C=O) groups excluding carboxylic acids is 4. The van der Waals surface area contributed by atoms with Crippen LogP contribution in [0.4, 0.5) is 38.4 Å². The van der Waals surface area contributed by atoms with Crippen LogP contribution >= 0.6 is 0 Å². The zero-order valence-electron chi connectivity index (χ0n) is 50.7. The molecule has 2 amide bonds. The second-order valence-corrected chi connectivity index (χ2v) is 23.6. The molecule has 5 aromatic heterocycles. The third kappa shape index (κ3) is 18.5. The quantitative estimate of drug-likeness (QED) is 0.0859. The molecule has 10 rings (SSSR count). The Kier molecular flexibility index (Phi) is 21.1. The summed E-state index contributed by atoms with van der Waals surface area (Å²) in [5.74, 6) is 1.52. The fourth-order valence-corrected chi connectivity index (χ4v) is 9.60. The van der Waals surface area contributed by atoms with Crippen molar-refractivity contribution in [2.24, 2.45) is 0 Å². The minimum absolute atomic E-state index is 0.0843. The number of nitrogens with one attached hydrogen (secondary N) is 2. The van der Waals surface area contributed by atoms with E-state index >= 15 is 0 Å². The van der Waals surface area contributed by atoms with Crippen molar-refractivity contribution in [1.29, 1.82) is 0 Å². The van der Waals surface area contributed by atoms with Gasteiger partial charge in [-0.2, -0.15) is 0 Å². The molecule has 0 spiro atoms. The molecule has 2 aromatic carbocycles. The summed E-state index contributed by atoms with van der Waals surface area (Å²) < 4.78 is 21.2. The average Bonchev–Trinajstić information content (AvgIpc) is 3.03. The van der Waals surface area contributed by atoms with Gasteiger partial charge in [0, 0.05) is 144 Å². The molecule has 21 heteroatoms. The molecule has 3 aliphatic rings. The van der Waals surface area contributed by atoms with Gasteiger partial charge in [0.05, 0.1) is 30.6 Å². The van der Waals surface area contributed by atoms with Gasteiger partial charge < -0.3 is 52.8 Å². The minimum Gasteiger partial charge on any atom is -0.478 e. The summed E-state index contributed by atoms with van der Waals surface area (Å²) >= 11 is 0. The number of aromatic nitrogens is 3. The van der Waals surface area contributed by atoms with Crippen LogP contribution in [-0.4, -0.2) is 175 Å². The van der Waals surface area contributed by atoms with Crippen molar-refractivity contribution in [3.05, 3.63) is 156 Å². The number of nitrogens with zero attached hydrogens (tertiary/aromatic N) is 9. The van der Waals surface area contributed by atoms with Gasteiger partial charge in [-0.1, -0.05) is 12.1 Å². The van der Waals surface area contributed by atoms with Crippen LogP contribution in [0.1, 0.15) is 83.7 Å². The van der Waals surface area contributed by atoms with Gasteiger partial charge in [-0.25, -0.2) is 29.3 Å². The van der Waals surface area contributed by atoms with Crippen molar-refractivity contribution in [3.8, 4) is 22.3 Å². The molecule has 0 atom stereocenters. The first-order valence-electron chi connectivity index (χ1n) is 28.8. The number of pyridine rings is 3. The lowest BCUT2D eigenvalue weighted by Crippen LogP contribution is -2.44. The number of ketones is 2. The topological polar surface area (TPSA) is 232 Å². The smallest absolute Gasteiger partial charge is 0.412 e. The van der Waals surface area contributed by atoms with Crippen molar-refractivity contribution in [2.45, 2.75) is 65.6 Å². The Labute approximate surface area is 502 Å². The van der Waals surface area contributed by atoms with Crippen LogP contribution in [0.2, 0.25) is 0 Å². The van der Waals surface area contributed by atoms with Gasteiger partial charge in [-0.3, -0.25) is 20.2 Å². The van der Waals surface area contributed by atoms with E-state index in [1.54, 1.807) is 103 Å². The molecule has 3 aliphatic heterocycles. The number of carboxylic acids is 1. The Hall–Kier alpha value is -8.92. The first-order valence-corrected chi connectivity index (χ1v) is 28.8. The standard InChI is InChI=1S/2C27H32N4O4.C11H15N3O2/c2*1-27(2,3)35-26(33)29-23-7-5-19(21-9-14-34-18-21)15-22(23)16-24(32)20-6-8-25(28-17-20)31-12-10-30(4)11-13-31;1-13-4-6-14(7-5-13)10-3-2-9(8-12-10)11(15)16/h2*5-9,14-15,17-18H,10-13,16H2,1-4H3,(H,29,33);2-3,8H,4-7H2,1H3,(H,15,16). The molecule has 0 bridgehead atoms. The number of carboxylic acid groups (broad SMARTS) is 1. The number of anilines is 5. The largest absolute Gasteiger partial charge is 0.478 e. The van der Waals surface area contributed by atoms with Crippen LogP contribution in [0.25, 0.3) is 22.3 Å². The van der Waals surface area contributed by atoms with Gasteiger partial charge in [0.25, 0.3) is 0 Å². The van der Waals surface area contributed by atoms with E-state index in [9.17, 15) is 24.0 Å². The maximum Gasteiger partial charge on any atom is 0.412 e. The highest BCUT2D eigenvalue weighted by molar-refractivity contribution is 6.00. The Morgan fingerprint density at radius 1 is 0.465 bits per heavy atom. The molecule has 3 fully saturated rings. The van der Waals surface area contributed by atoms with Gasteiger partial charge in [-0.15, -0.1) is 0 Å². The zero-order valence-corrected chi connectivity index (χ0v) is 50.7. The predicted molar refractivity (Wildman–Crippen MR) is 333 cm³/mol. The Bertz CT molecular complexity index is 3170. The van der Waals surface area contributed by atoms with Crippen LogP contribution in [0, 0.1) is 0 Å². The lowest BCUT2D eigenvalue weighted by molar-refractivity contribution is 0.0624. The average molecular weight is 1170 g/mol. The third-order valence-electron chi connectivity index (χ3n) is 14.5. The number of aromatic carboxylic acids is 1. The van der Waals surface area contributed by atoms with E-state index in [1.165, 1.54) is 6.20 Å². The summed E-state index contributed by atoms with van der Waals surface area (Å²) in [5, 5.41) is 14.3. The van der Waals surface area contributed by atoms with E-state index in [0.717, 1.165) is 118 Å². The molecule has 0 aliphatic carbocycles. The van der Waals surface area contributed by atoms with E-state index in [1.807, 2.05) is 60.7 Å². The van der Waals surface area contributed by atoms with Crippen LogP contribution in [0.5, 0.6) is 0 Å². The number of benzene rings is 2. The molecule has 8 heterocycles. The van der Waals surface area contributed by atoms with Gasteiger partial charge in [0.1, 0.15) is 28.7 Å². The van der Waals surface area contributed by atoms with Gasteiger partial charge >= 0.3 is 18.2 Å². The maximum atomic E-state index is 13.2. The molecule has 454 valence electrons. The van der Waals surface area contributed by atoms with Crippen molar-refractivity contribution >= 4 is 58.6 Å². The summed E-state index contributed by atoms with van der Waals surface area (Å²) in [6, 6.07) is 25.6. The molecule has 3 saturated heterocycles. The fraction of sp³-hybridized carbons (Fsp3) is 0.385. The number of piperazine rings is 3. The second-order valence-electron chi connectivity index (χ2n) is 23.6. The number of hydrogen-bond acceptors (Lipinski definition) is 18. The molecule has 0 radical (unpaired) electrons. The summed E-state index contributed by atoms with van der Waals surface area (Å²) in [6.45, 7) is 22.3. The van der Waals surface area contributed by atoms with Crippen LogP contribution in [0.3, 0.4) is 0 Å². The SMILES string of the molecule is CN1CCN(c2ccc(C(=O)Cc3cc(-c4ccoc4)ccc3NC(=O)OC(C)(C)C)cn2)CC1.CN1CCN(c2ccc(C(=O)Cc3cc(-c4ccoc4)ccc3NC(=O)OC(C)(C)C)cn2)CC1.CN1CCN(c2ccc(C(=O)O)cn2)CC1. The summed E-state index contributed by atoms with van der Waals surface area (Å²) in [6.07, 6.45) is 10.2. The molecule has 0 unspecified atom stereocenters. The zero-order chi connectivity index (χ0) is 61.5. The van der Waals surface area contributed by atoms with E-state index in [4.69, 9.17) is 23.4 Å². The Morgan fingerprint density at radius 3 is 1.08 bits per heavy atom. The maximum absolute atomic E-state index is 13.2. The molecule has 3 N–H and O–H groups in total. The Morgan fingerprint density at radius 2 is 0.802 bits per heavy atom. The Balaban J connectivity index is 0.000000179. The fourth-order valence-electron chi connectivity index (χ4n) is 9.60. The highest BCUT2D eigenvalue weighted by atomic mass is 16.6. The van der Waals surface area contributed by atoms with Crippen molar-refractivity contribution in [3.63, 3.8) is 0 Å². The first-order chi connectivity index (χ1) is 41.0. The lowest BCUT2D eigenvalue weighted by Gasteiger charge is -2.33. The molecule has 0 saturated carbocycles. The van der Waals surface area contributed by atoms with Crippen LogP contribution < -0.4 is 25.3 Å². The van der Waals surface area contributed by atoms with Crippen molar-refractivity contribution in [1.82, 2.24) is 29.7 Å². The molecular formula is C65H79N11O10. The van der Waals surface area contributed by atoms with Crippen LogP contribution in [0.15, 0.2) is 137 Å². The van der Waals surface area contributed by atoms with E-state index < -0.39 is 29.4 Å². The second kappa shape index (κ2) is 28.8. The summed E-state index contributed by atoms with van der Waals surface area (Å²) in [7, 11) is 6.32. The highest BCUT2D eigenvalue weighted by Gasteiger charge is 2.24. The molecular weight excluding hydrogens is 1090 g/mol. The lowest BCUT2D eigenvalue weighted by atomic mass is 9.98. The molecule has 21 nitrogen and oxygen atoms in total. The highest BCUT2D eigenvalue weighted by Crippen LogP contribution is 2.30. The third-order valence-corrected chi connectivity index (χ3v) is 14.5.